The topological polar surface area (TPSA) is 15.3 Å². The molecule has 1 unspecified atom stereocenters. The largest absolute Gasteiger partial charge is 0.312 e. The number of hydrogen-bond donors (Lipinski definition) is 1. The molecule has 20 heavy (non-hydrogen) atoms. The third kappa shape index (κ3) is 3.62. The summed E-state index contributed by atoms with van der Waals surface area (Å²) in [5.74, 6) is 0.729. The van der Waals surface area contributed by atoms with Crippen molar-refractivity contribution in [2.45, 2.75) is 51.0 Å². The molecule has 1 aromatic carbocycles. The maximum atomic E-state index is 3.58. The second kappa shape index (κ2) is 7.24. The van der Waals surface area contributed by atoms with Crippen LogP contribution < -0.4 is 5.32 Å². The van der Waals surface area contributed by atoms with Crippen molar-refractivity contribution < 1.29 is 0 Å². The van der Waals surface area contributed by atoms with Crippen LogP contribution in [0.4, 0.5) is 0 Å². The molecule has 2 aliphatic rings. The lowest BCUT2D eigenvalue weighted by Crippen LogP contribution is -2.30. The van der Waals surface area contributed by atoms with Crippen LogP contribution in [0, 0.1) is 0 Å². The molecule has 0 radical (unpaired) electrons. The summed E-state index contributed by atoms with van der Waals surface area (Å²) in [5.41, 5.74) is 3.11. The molecule has 2 heteroatoms. The molecule has 0 bridgehead atoms. The van der Waals surface area contributed by atoms with Crippen molar-refractivity contribution in [1.82, 2.24) is 10.2 Å². The average molecular weight is 272 g/mol. The fourth-order valence-corrected chi connectivity index (χ4v) is 3.76. The second-order valence-corrected chi connectivity index (χ2v) is 6.42. The molecule has 0 aliphatic carbocycles. The Morgan fingerprint density at radius 1 is 1.05 bits per heavy atom. The molecule has 0 amide bonds. The highest BCUT2D eigenvalue weighted by atomic mass is 15.1. The van der Waals surface area contributed by atoms with Crippen LogP contribution in [0.15, 0.2) is 24.3 Å². The van der Waals surface area contributed by atoms with E-state index in [1.54, 1.807) is 5.56 Å². The molecule has 1 N–H and O–H groups in total. The summed E-state index contributed by atoms with van der Waals surface area (Å²) in [6.45, 7) is 6.19. The first kappa shape index (κ1) is 14.1. The van der Waals surface area contributed by atoms with E-state index in [1.165, 1.54) is 63.7 Å². The number of fused-ring (bicyclic) bond motifs is 1. The molecule has 110 valence electrons. The summed E-state index contributed by atoms with van der Waals surface area (Å²) in [6.07, 6.45) is 8.38. The van der Waals surface area contributed by atoms with Gasteiger partial charge in [0.2, 0.25) is 0 Å². The average Bonchev–Trinajstić information content (AvgIpc) is 2.76. The van der Waals surface area contributed by atoms with E-state index in [0.29, 0.717) is 0 Å². The smallest absolute Gasteiger partial charge is 0.0208 e. The Morgan fingerprint density at radius 2 is 1.85 bits per heavy atom. The van der Waals surface area contributed by atoms with E-state index in [-0.39, 0.29) is 0 Å². The van der Waals surface area contributed by atoms with Crippen LogP contribution in [0.25, 0.3) is 0 Å². The van der Waals surface area contributed by atoms with Gasteiger partial charge in [-0.15, -0.1) is 0 Å². The van der Waals surface area contributed by atoms with Gasteiger partial charge in [0.1, 0.15) is 0 Å². The zero-order valence-corrected chi connectivity index (χ0v) is 12.6. The fourth-order valence-electron chi connectivity index (χ4n) is 3.76. The van der Waals surface area contributed by atoms with Crippen molar-refractivity contribution >= 4 is 0 Å². The highest BCUT2D eigenvalue weighted by Gasteiger charge is 2.19. The molecule has 1 fully saturated rings. The van der Waals surface area contributed by atoms with E-state index in [2.05, 4.69) is 34.5 Å². The number of likely N-dealkylation sites (tertiary alicyclic amines) is 1. The van der Waals surface area contributed by atoms with Crippen molar-refractivity contribution in [2.75, 3.05) is 26.2 Å². The molecule has 0 saturated carbocycles. The third-order valence-electron chi connectivity index (χ3n) is 4.93. The fraction of sp³-hybridized carbons (Fsp3) is 0.667. The predicted octanol–water partition coefficient (Wildman–Crippen LogP) is 3.53. The van der Waals surface area contributed by atoms with Crippen LogP contribution in [-0.2, 0) is 6.54 Å². The van der Waals surface area contributed by atoms with Gasteiger partial charge < -0.3 is 10.2 Å². The summed E-state index contributed by atoms with van der Waals surface area (Å²) in [4.78, 5) is 2.69. The van der Waals surface area contributed by atoms with Crippen molar-refractivity contribution in [2.24, 2.45) is 0 Å². The Hall–Kier alpha value is -0.860. The summed E-state index contributed by atoms with van der Waals surface area (Å²) < 4.78 is 0. The van der Waals surface area contributed by atoms with Crippen molar-refractivity contribution in [3.05, 3.63) is 35.4 Å². The normalized spacial score (nSPS) is 24.1. The predicted molar refractivity (Wildman–Crippen MR) is 85.0 cm³/mol. The summed E-state index contributed by atoms with van der Waals surface area (Å²) in [6, 6.07) is 8.99. The zero-order valence-electron chi connectivity index (χ0n) is 12.6. The molecule has 2 aliphatic heterocycles. The summed E-state index contributed by atoms with van der Waals surface area (Å²) >= 11 is 0. The number of nitrogens with one attached hydrogen (secondary N) is 1. The number of hydrogen-bond acceptors (Lipinski definition) is 2. The Balaban J connectivity index is 1.49. The third-order valence-corrected chi connectivity index (χ3v) is 4.93. The van der Waals surface area contributed by atoms with Gasteiger partial charge in [-0.25, -0.2) is 0 Å². The first-order chi connectivity index (χ1) is 9.93. The van der Waals surface area contributed by atoms with Gasteiger partial charge in [0.05, 0.1) is 0 Å². The van der Waals surface area contributed by atoms with E-state index < -0.39 is 0 Å². The molecule has 1 aromatic rings. The lowest BCUT2D eigenvalue weighted by Gasteiger charge is -2.27. The van der Waals surface area contributed by atoms with Crippen LogP contribution >= 0.6 is 0 Å². The summed E-state index contributed by atoms with van der Waals surface area (Å²) in [7, 11) is 0. The molecule has 3 rings (SSSR count). The van der Waals surface area contributed by atoms with Crippen LogP contribution in [0.5, 0.6) is 0 Å². The molecule has 2 heterocycles. The highest BCUT2D eigenvalue weighted by Crippen LogP contribution is 2.27. The van der Waals surface area contributed by atoms with Gasteiger partial charge in [0.15, 0.2) is 0 Å². The Labute approximate surface area is 123 Å². The number of rotatable bonds is 4. The van der Waals surface area contributed by atoms with Crippen molar-refractivity contribution in [3.63, 3.8) is 0 Å². The van der Waals surface area contributed by atoms with Crippen LogP contribution in [0.2, 0.25) is 0 Å². The van der Waals surface area contributed by atoms with Crippen LogP contribution in [0.1, 0.15) is 55.6 Å². The van der Waals surface area contributed by atoms with Crippen molar-refractivity contribution in [1.29, 1.82) is 0 Å². The quantitative estimate of drug-likeness (QED) is 0.902. The van der Waals surface area contributed by atoms with Gasteiger partial charge in [-0.05, 0) is 62.4 Å². The Bertz CT molecular complexity index is 408. The standard InChI is InChI=1S/C18H28N2/c1-2-6-12-20(11-5-1)13-7-9-17-15-19-14-16-8-3-4-10-18(16)17/h3-4,8,10,17,19H,1-2,5-7,9,11-15H2. The number of nitrogens with zero attached hydrogens (tertiary/aromatic N) is 1. The monoisotopic (exact) mass is 272 g/mol. The lowest BCUT2D eigenvalue weighted by atomic mass is 9.87. The molecular weight excluding hydrogens is 244 g/mol. The molecular formula is C18H28N2. The Kier molecular flexibility index (Phi) is 5.10. The molecule has 0 aromatic heterocycles. The van der Waals surface area contributed by atoms with Crippen LogP contribution in [0.3, 0.4) is 0 Å². The van der Waals surface area contributed by atoms with Gasteiger partial charge in [-0.2, -0.15) is 0 Å². The first-order valence-corrected chi connectivity index (χ1v) is 8.44. The minimum Gasteiger partial charge on any atom is -0.312 e. The maximum Gasteiger partial charge on any atom is 0.0208 e. The molecule has 0 spiro atoms. The highest BCUT2D eigenvalue weighted by molar-refractivity contribution is 5.32. The van der Waals surface area contributed by atoms with Gasteiger partial charge in [0, 0.05) is 13.1 Å². The molecule has 2 nitrogen and oxygen atoms in total. The van der Waals surface area contributed by atoms with E-state index in [1.807, 2.05) is 0 Å². The van der Waals surface area contributed by atoms with Gasteiger partial charge in [-0.1, -0.05) is 37.1 Å². The van der Waals surface area contributed by atoms with Gasteiger partial charge in [-0.3, -0.25) is 0 Å². The zero-order chi connectivity index (χ0) is 13.6. The van der Waals surface area contributed by atoms with Gasteiger partial charge in [0.25, 0.3) is 0 Å². The van der Waals surface area contributed by atoms with Gasteiger partial charge >= 0.3 is 0 Å². The maximum absolute atomic E-state index is 3.58. The minimum atomic E-state index is 0.729. The first-order valence-electron chi connectivity index (χ1n) is 8.44. The molecule has 1 saturated heterocycles. The molecule has 1 atom stereocenters. The Morgan fingerprint density at radius 3 is 2.70 bits per heavy atom. The summed E-state index contributed by atoms with van der Waals surface area (Å²) in [5, 5.41) is 3.58. The minimum absolute atomic E-state index is 0.729. The van der Waals surface area contributed by atoms with E-state index in [4.69, 9.17) is 0 Å². The van der Waals surface area contributed by atoms with Crippen LogP contribution in [-0.4, -0.2) is 31.1 Å². The second-order valence-electron chi connectivity index (χ2n) is 6.42. The van der Waals surface area contributed by atoms with E-state index in [0.717, 1.165) is 19.0 Å². The van der Waals surface area contributed by atoms with E-state index >= 15 is 0 Å². The number of benzene rings is 1. The van der Waals surface area contributed by atoms with Crippen molar-refractivity contribution in [3.8, 4) is 0 Å². The van der Waals surface area contributed by atoms with E-state index in [9.17, 15) is 0 Å². The SMILES string of the molecule is c1ccc2c(c1)CNCC2CCCN1CCCCCC1. The lowest BCUT2D eigenvalue weighted by molar-refractivity contribution is 0.274.